The lowest BCUT2D eigenvalue weighted by Crippen LogP contribution is -2.49. The van der Waals surface area contributed by atoms with Crippen molar-refractivity contribution >= 4 is 17.6 Å². The van der Waals surface area contributed by atoms with Crippen molar-refractivity contribution in [1.82, 2.24) is 14.8 Å². The molecule has 2 aliphatic heterocycles. The van der Waals surface area contributed by atoms with Crippen LogP contribution in [-0.4, -0.2) is 64.2 Å². The van der Waals surface area contributed by atoms with Crippen LogP contribution in [0.3, 0.4) is 0 Å². The van der Waals surface area contributed by atoms with Crippen LogP contribution in [0.4, 0.5) is 0 Å². The van der Waals surface area contributed by atoms with Crippen LogP contribution in [-0.2, 0) is 20.7 Å². The number of carbonyl (C=O) groups is 3. The maximum atomic E-state index is 13.2. The first-order chi connectivity index (χ1) is 16.7. The molecule has 0 aliphatic carbocycles. The standard InChI is InChI=1S/C28H33N3O4/c1-28(2)19-22(32)18-25(35-28)27(34)31-15-12-21(13-16-31)24(17-20-9-5-4-6-10-20)30(3)26(33)23-11-7-8-14-29-23/h4-11,14,18,21,24H,12-13,15-17,19H2,1-3H3. The molecule has 2 aromatic rings. The summed E-state index contributed by atoms with van der Waals surface area (Å²) in [6.07, 6.45) is 5.47. The minimum absolute atomic E-state index is 0.0326. The molecule has 3 heterocycles. The van der Waals surface area contributed by atoms with E-state index in [0.29, 0.717) is 18.8 Å². The van der Waals surface area contributed by atoms with Gasteiger partial charge in [0, 0.05) is 44.9 Å². The molecular weight excluding hydrogens is 442 g/mol. The molecule has 184 valence electrons. The van der Waals surface area contributed by atoms with Gasteiger partial charge in [0.15, 0.2) is 11.5 Å². The minimum Gasteiger partial charge on any atom is -0.481 e. The highest BCUT2D eigenvalue weighted by Crippen LogP contribution is 2.30. The summed E-state index contributed by atoms with van der Waals surface area (Å²) in [6, 6.07) is 15.5. The van der Waals surface area contributed by atoms with Crippen LogP contribution in [0.5, 0.6) is 0 Å². The lowest BCUT2D eigenvalue weighted by Gasteiger charge is -2.40. The molecule has 7 heteroatoms. The van der Waals surface area contributed by atoms with E-state index in [1.165, 1.54) is 6.08 Å². The molecule has 0 N–H and O–H groups in total. The number of hydrogen-bond donors (Lipinski definition) is 0. The van der Waals surface area contributed by atoms with Crippen LogP contribution in [0.2, 0.25) is 0 Å². The Morgan fingerprint density at radius 2 is 1.80 bits per heavy atom. The van der Waals surface area contributed by atoms with Gasteiger partial charge in [-0.05, 0) is 56.7 Å². The van der Waals surface area contributed by atoms with Gasteiger partial charge in [-0.3, -0.25) is 19.4 Å². The van der Waals surface area contributed by atoms with E-state index in [1.807, 2.05) is 50.1 Å². The number of ether oxygens (including phenoxy) is 1. The molecule has 0 saturated carbocycles. The fourth-order valence-electron chi connectivity index (χ4n) is 5.02. The largest absolute Gasteiger partial charge is 0.481 e. The Kier molecular flexibility index (Phi) is 7.34. The van der Waals surface area contributed by atoms with Gasteiger partial charge in [-0.2, -0.15) is 0 Å². The average Bonchev–Trinajstić information content (AvgIpc) is 2.86. The van der Waals surface area contributed by atoms with Gasteiger partial charge in [-0.15, -0.1) is 0 Å². The van der Waals surface area contributed by atoms with Gasteiger partial charge >= 0.3 is 0 Å². The summed E-state index contributed by atoms with van der Waals surface area (Å²) in [5, 5.41) is 0. The Hall–Kier alpha value is -3.48. The molecule has 2 aliphatic rings. The molecule has 2 amide bonds. The minimum atomic E-state index is -0.676. The van der Waals surface area contributed by atoms with Crippen molar-refractivity contribution < 1.29 is 19.1 Å². The fraction of sp³-hybridized carbons (Fsp3) is 0.429. The Bertz CT molecular complexity index is 1090. The summed E-state index contributed by atoms with van der Waals surface area (Å²) in [6.45, 7) is 4.74. The molecule has 7 nitrogen and oxygen atoms in total. The molecule has 1 saturated heterocycles. The number of likely N-dealkylation sites (N-methyl/N-ethyl adjacent to an activating group) is 1. The smallest absolute Gasteiger partial charge is 0.289 e. The Morgan fingerprint density at radius 3 is 2.43 bits per heavy atom. The summed E-state index contributed by atoms with van der Waals surface area (Å²) in [5.41, 5.74) is 0.914. The third-order valence-electron chi connectivity index (χ3n) is 6.85. The molecular formula is C28H33N3O4. The van der Waals surface area contributed by atoms with Crippen LogP contribution in [0.1, 0.15) is 49.2 Å². The SMILES string of the molecule is CN(C(=O)c1ccccn1)C(Cc1ccccc1)C1CCN(C(=O)C2=CC(=O)CC(C)(C)O2)CC1. The van der Waals surface area contributed by atoms with Crippen LogP contribution in [0.15, 0.2) is 66.6 Å². The first-order valence-corrected chi connectivity index (χ1v) is 12.2. The van der Waals surface area contributed by atoms with Crippen molar-refractivity contribution in [3.8, 4) is 0 Å². The highest BCUT2D eigenvalue weighted by Gasteiger charge is 2.37. The van der Waals surface area contributed by atoms with Gasteiger partial charge in [0.25, 0.3) is 11.8 Å². The van der Waals surface area contributed by atoms with E-state index in [0.717, 1.165) is 24.8 Å². The molecule has 1 fully saturated rings. The molecule has 1 atom stereocenters. The second kappa shape index (κ2) is 10.4. The molecule has 0 spiro atoms. The second-order valence-corrected chi connectivity index (χ2v) is 10.0. The predicted octanol–water partition coefficient (Wildman–Crippen LogP) is 3.66. The normalized spacial score (nSPS) is 18.9. The lowest BCUT2D eigenvalue weighted by atomic mass is 9.84. The van der Waals surface area contributed by atoms with E-state index in [9.17, 15) is 14.4 Å². The number of aromatic nitrogens is 1. The highest BCUT2D eigenvalue weighted by molar-refractivity contribution is 6.01. The maximum Gasteiger partial charge on any atom is 0.289 e. The number of hydrogen-bond acceptors (Lipinski definition) is 5. The summed E-state index contributed by atoms with van der Waals surface area (Å²) in [5.74, 6) is -0.0741. The van der Waals surface area contributed by atoms with Gasteiger partial charge in [0.05, 0.1) is 0 Å². The van der Waals surface area contributed by atoms with Crippen LogP contribution < -0.4 is 0 Å². The van der Waals surface area contributed by atoms with Crippen LogP contribution in [0.25, 0.3) is 0 Å². The summed E-state index contributed by atoms with van der Waals surface area (Å²) in [7, 11) is 1.84. The number of benzene rings is 1. The number of likely N-dealkylation sites (tertiary alicyclic amines) is 1. The van der Waals surface area contributed by atoms with Crippen molar-refractivity contribution in [3.05, 3.63) is 77.8 Å². The van der Waals surface area contributed by atoms with Gasteiger partial charge in [-0.25, -0.2) is 0 Å². The van der Waals surface area contributed by atoms with E-state index >= 15 is 0 Å². The number of amides is 2. The average molecular weight is 476 g/mol. The number of nitrogens with zero attached hydrogens (tertiary/aromatic N) is 3. The Labute approximate surface area is 206 Å². The van der Waals surface area contributed by atoms with E-state index in [1.54, 1.807) is 23.2 Å². The number of rotatable bonds is 6. The molecule has 4 rings (SSSR count). The molecule has 35 heavy (non-hydrogen) atoms. The maximum absolute atomic E-state index is 13.2. The molecule has 0 radical (unpaired) electrons. The number of allylic oxidation sites excluding steroid dienone is 1. The first-order valence-electron chi connectivity index (χ1n) is 12.2. The third kappa shape index (κ3) is 5.96. The van der Waals surface area contributed by atoms with Crippen molar-refractivity contribution in [2.75, 3.05) is 20.1 Å². The first kappa shape index (κ1) is 24.6. The molecule has 0 bridgehead atoms. The van der Waals surface area contributed by atoms with Crippen molar-refractivity contribution in [1.29, 1.82) is 0 Å². The summed E-state index contributed by atoms with van der Waals surface area (Å²) >= 11 is 0. The number of pyridine rings is 1. The molecule has 1 aromatic carbocycles. The lowest BCUT2D eigenvalue weighted by molar-refractivity contribution is -0.139. The van der Waals surface area contributed by atoms with E-state index in [-0.39, 0.29) is 41.7 Å². The zero-order valence-corrected chi connectivity index (χ0v) is 20.6. The van der Waals surface area contributed by atoms with Crippen molar-refractivity contribution in [2.45, 2.75) is 51.2 Å². The number of piperidine rings is 1. The van der Waals surface area contributed by atoms with E-state index < -0.39 is 5.60 Å². The third-order valence-corrected chi connectivity index (χ3v) is 6.85. The molecule has 1 aromatic heterocycles. The zero-order valence-electron chi connectivity index (χ0n) is 20.6. The van der Waals surface area contributed by atoms with Gasteiger partial charge in [-0.1, -0.05) is 36.4 Å². The summed E-state index contributed by atoms with van der Waals surface area (Å²) < 4.78 is 5.82. The van der Waals surface area contributed by atoms with Gasteiger partial charge in [0.1, 0.15) is 11.3 Å². The Morgan fingerprint density at radius 1 is 1.11 bits per heavy atom. The quantitative estimate of drug-likeness (QED) is 0.637. The second-order valence-electron chi connectivity index (χ2n) is 10.0. The van der Waals surface area contributed by atoms with Gasteiger partial charge in [0.2, 0.25) is 0 Å². The Balaban J connectivity index is 1.47. The fourth-order valence-corrected chi connectivity index (χ4v) is 5.02. The topological polar surface area (TPSA) is 79.8 Å². The summed E-state index contributed by atoms with van der Waals surface area (Å²) in [4.78, 5) is 46.2. The molecule has 1 unspecified atom stereocenters. The van der Waals surface area contributed by atoms with Gasteiger partial charge < -0.3 is 14.5 Å². The van der Waals surface area contributed by atoms with E-state index in [4.69, 9.17) is 4.74 Å². The van der Waals surface area contributed by atoms with Crippen molar-refractivity contribution in [3.63, 3.8) is 0 Å². The highest BCUT2D eigenvalue weighted by atomic mass is 16.5. The predicted molar refractivity (Wildman–Crippen MR) is 132 cm³/mol. The monoisotopic (exact) mass is 475 g/mol. The van der Waals surface area contributed by atoms with Crippen molar-refractivity contribution in [2.24, 2.45) is 5.92 Å². The van der Waals surface area contributed by atoms with Crippen LogP contribution in [0, 0.1) is 5.92 Å². The zero-order chi connectivity index (χ0) is 25.0. The van der Waals surface area contributed by atoms with Crippen LogP contribution >= 0.6 is 0 Å². The number of carbonyl (C=O) groups excluding carboxylic acids is 3. The van der Waals surface area contributed by atoms with E-state index in [2.05, 4.69) is 17.1 Å². The number of ketones is 1.